The normalized spacial score (nSPS) is 10.5. The average Bonchev–Trinajstić information content (AvgIpc) is 3.05. The van der Waals surface area contributed by atoms with Crippen LogP contribution in [0.1, 0.15) is 17.9 Å². The van der Waals surface area contributed by atoms with Gasteiger partial charge in [0.1, 0.15) is 0 Å². The minimum atomic E-state index is -0.0856. The van der Waals surface area contributed by atoms with Crippen molar-refractivity contribution in [1.82, 2.24) is 15.1 Å². The van der Waals surface area contributed by atoms with Gasteiger partial charge < -0.3 is 9.84 Å². The quantitative estimate of drug-likeness (QED) is 0.783. The van der Waals surface area contributed by atoms with Gasteiger partial charge in [0, 0.05) is 36.5 Å². The summed E-state index contributed by atoms with van der Waals surface area (Å²) < 4.78 is 5.17. The Bertz CT molecular complexity index is 782. The van der Waals surface area contributed by atoms with Crippen molar-refractivity contribution < 1.29 is 9.32 Å². The maximum atomic E-state index is 11.9. The third kappa shape index (κ3) is 4.00. The van der Waals surface area contributed by atoms with E-state index in [0.29, 0.717) is 18.1 Å². The Morgan fingerprint density at radius 1 is 1.13 bits per heavy atom. The number of hydrogen-bond acceptors (Lipinski definition) is 5. The summed E-state index contributed by atoms with van der Waals surface area (Å²) in [4.78, 5) is 20.2. The monoisotopic (exact) mass is 308 g/mol. The lowest BCUT2D eigenvalue weighted by Gasteiger charge is -2.04. The molecule has 0 radical (unpaired) electrons. The van der Waals surface area contributed by atoms with Gasteiger partial charge in [0.25, 0.3) is 0 Å². The average molecular weight is 308 g/mol. The molecule has 2 heterocycles. The van der Waals surface area contributed by atoms with Gasteiger partial charge in [-0.2, -0.15) is 4.98 Å². The molecule has 0 saturated heterocycles. The summed E-state index contributed by atoms with van der Waals surface area (Å²) in [5.74, 6) is 0.856. The molecule has 1 amide bonds. The number of anilines is 1. The number of nitrogens with one attached hydrogen (secondary N) is 1. The summed E-state index contributed by atoms with van der Waals surface area (Å²) in [6.45, 7) is 2.00. The van der Waals surface area contributed by atoms with E-state index in [2.05, 4.69) is 20.4 Å². The lowest BCUT2D eigenvalue weighted by Crippen LogP contribution is -2.12. The molecule has 116 valence electrons. The number of aryl methyl sites for hydroxylation is 2. The number of hydrogen-bond donors (Lipinski definition) is 1. The maximum Gasteiger partial charge on any atom is 0.227 e. The van der Waals surface area contributed by atoms with Crippen molar-refractivity contribution in [1.29, 1.82) is 0 Å². The van der Waals surface area contributed by atoms with E-state index in [1.165, 1.54) is 0 Å². The van der Waals surface area contributed by atoms with Crippen molar-refractivity contribution in [3.8, 4) is 11.4 Å². The number of benzene rings is 1. The van der Waals surface area contributed by atoms with Crippen LogP contribution in [0.4, 0.5) is 5.69 Å². The van der Waals surface area contributed by atoms with E-state index < -0.39 is 0 Å². The fourth-order valence-corrected chi connectivity index (χ4v) is 2.06. The summed E-state index contributed by atoms with van der Waals surface area (Å²) in [6, 6.07) is 11.3. The van der Waals surface area contributed by atoms with Crippen LogP contribution in [-0.4, -0.2) is 21.0 Å². The van der Waals surface area contributed by atoms with Crippen molar-refractivity contribution in [2.45, 2.75) is 19.8 Å². The number of carbonyl (C=O) groups excluding carboxylic acids is 1. The SMILES string of the molecule is Cc1ccc(NC(=O)CCc2nc(-c3ccncc3)no2)cc1. The summed E-state index contributed by atoms with van der Waals surface area (Å²) in [5, 5.41) is 6.75. The molecule has 0 unspecified atom stereocenters. The van der Waals surface area contributed by atoms with Gasteiger partial charge in [0.05, 0.1) is 0 Å². The van der Waals surface area contributed by atoms with Crippen LogP contribution in [0.15, 0.2) is 53.3 Å². The highest BCUT2D eigenvalue weighted by Gasteiger charge is 2.10. The van der Waals surface area contributed by atoms with Crippen LogP contribution in [-0.2, 0) is 11.2 Å². The molecule has 0 bridgehead atoms. The molecule has 3 aromatic rings. The second-order valence-electron chi connectivity index (χ2n) is 5.16. The molecular formula is C17H16N4O2. The van der Waals surface area contributed by atoms with Gasteiger partial charge in [-0.25, -0.2) is 0 Å². The summed E-state index contributed by atoms with van der Waals surface area (Å²) >= 11 is 0. The van der Waals surface area contributed by atoms with Gasteiger partial charge in [0.15, 0.2) is 0 Å². The maximum absolute atomic E-state index is 11.9. The van der Waals surface area contributed by atoms with Gasteiger partial charge >= 0.3 is 0 Å². The zero-order valence-electron chi connectivity index (χ0n) is 12.7. The number of rotatable bonds is 5. The number of aromatic nitrogens is 3. The lowest BCUT2D eigenvalue weighted by atomic mass is 10.2. The van der Waals surface area contributed by atoms with Crippen LogP contribution in [0.5, 0.6) is 0 Å². The van der Waals surface area contributed by atoms with Crippen molar-refractivity contribution in [2.75, 3.05) is 5.32 Å². The van der Waals surface area contributed by atoms with Gasteiger partial charge in [-0.05, 0) is 31.2 Å². The standard InChI is InChI=1S/C17H16N4O2/c1-12-2-4-14(5-3-12)19-15(22)6-7-16-20-17(21-23-16)13-8-10-18-11-9-13/h2-5,8-11H,6-7H2,1H3,(H,19,22). The van der Waals surface area contributed by atoms with Crippen molar-refractivity contribution in [3.63, 3.8) is 0 Å². The van der Waals surface area contributed by atoms with Crippen molar-refractivity contribution in [3.05, 3.63) is 60.2 Å². The molecular weight excluding hydrogens is 292 g/mol. The first-order chi connectivity index (χ1) is 11.2. The Labute approximate surface area is 133 Å². The number of pyridine rings is 1. The highest BCUT2D eigenvalue weighted by atomic mass is 16.5. The molecule has 0 aliphatic carbocycles. The first kappa shape index (κ1) is 14.9. The molecule has 3 rings (SSSR count). The van der Waals surface area contributed by atoms with Crippen LogP contribution in [0.3, 0.4) is 0 Å². The summed E-state index contributed by atoms with van der Waals surface area (Å²) in [5.41, 5.74) is 2.76. The third-order valence-corrected chi connectivity index (χ3v) is 3.31. The molecule has 23 heavy (non-hydrogen) atoms. The Hall–Kier alpha value is -3.02. The molecule has 0 aliphatic rings. The molecule has 2 aromatic heterocycles. The molecule has 0 aliphatic heterocycles. The first-order valence-corrected chi connectivity index (χ1v) is 7.30. The van der Waals surface area contributed by atoms with Crippen molar-refractivity contribution >= 4 is 11.6 Å². The Kier molecular flexibility index (Phi) is 4.42. The van der Waals surface area contributed by atoms with Crippen LogP contribution < -0.4 is 5.32 Å². The predicted octanol–water partition coefficient (Wildman–Crippen LogP) is 3.01. The lowest BCUT2D eigenvalue weighted by molar-refractivity contribution is -0.116. The van der Waals surface area contributed by atoms with Gasteiger partial charge in [-0.15, -0.1) is 0 Å². The molecule has 0 atom stereocenters. The number of carbonyl (C=O) groups is 1. The van der Waals surface area contributed by atoms with Crippen LogP contribution in [0.2, 0.25) is 0 Å². The largest absolute Gasteiger partial charge is 0.339 e. The smallest absolute Gasteiger partial charge is 0.227 e. The van der Waals surface area contributed by atoms with E-state index in [1.54, 1.807) is 24.5 Å². The molecule has 6 nitrogen and oxygen atoms in total. The zero-order chi connectivity index (χ0) is 16.1. The van der Waals surface area contributed by atoms with Crippen LogP contribution in [0, 0.1) is 6.92 Å². The highest BCUT2D eigenvalue weighted by molar-refractivity contribution is 5.90. The Morgan fingerprint density at radius 3 is 2.61 bits per heavy atom. The molecule has 1 aromatic carbocycles. The van der Waals surface area contributed by atoms with Crippen molar-refractivity contribution in [2.24, 2.45) is 0 Å². The molecule has 1 N–H and O–H groups in total. The van der Waals surface area contributed by atoms with E-state index >= 15 is 0 Å². The minimum absolute atomic E-state index is 0.0856. The second kappa shape index (κ2) is 6.83. The Balaban J connectivity index is 1.55. The molecule has 0 saturated carbocycles. The predicted molar refractivity (Wildman–Crippen MR) is 85.7 cm³/mol. The molecule has 0 fully saturated rings. The van der Waals surface area contributed by atoms with Crippen LogP contribution in [0.25, 0.3) is 11.4 Å². The zero-order valence-corrected chi connectivity index (χ0v) is 12.7. The topological polar surface area (TPSA) is 80.9 Å². The van der Waals surface area contributed by atoms with Gasteiger partial charge in [-0.3, -0.25) is 9.78 Å². The highest BCUT2D eigenvalue weighted by Crippen LogP contribution is 2.15. The van der Waals surface area contributed by atoms with E-state index in [1.807, 2.05) is 31.2 Å². The Morgan fingerprint density at radius 2 is 1.87 bits per heavy atom. The summed E-state index contributed by atoms with van der Waals surface area (Å²) in [7, 11) is 0. The van der Waals surface area contributed by atoms with Gasteiger partial charge in [0.2, 0.25) is 17.6 Å². The fourth-order valence-electron chi connectivity index (χ4n) is 2.06. The number of amides is 1. The van der Waals surface area contributed by atoms with E-state index in [-0.39, 0.29) is 12.3 Å². The van der Waals surface area contributed by atoms with Gasteiger partial charge in [-0.1, -0.05) is 22.9 Å². The summed E-state index contributed by atoms with van der Waals surface area (Å²) in [6.07, 6.45) is 4.02. The fraction of sp³-hybridized carbons (Fsp3) is 0.176. The van der Waals surface area contributed by atoms with E-state index in [4.69, 9.17) is 4.52 Å². The second-order valence-corrected chi connectivity index (χ2v) is 5.16. The number of nitrogens with zero attached hydrogens (tertiary/aromatic N) is 3. The first-order valence-electron chi connectivity index (χ1n) is 7.30. The third-order valence-electron chi connectivity index (χ3n) is 3.31. The van der Waals surface area contributed by atoms with E-state index in [0.717, 1.165) is 16.8 Å². The van der Waals surface area contributed by atoms with E-state index in [9.17, 15) is 4.79 Å². The van der Waals surface area contributed by atoms with Crippen LogP contribution >= 0.6 is 0 Å². The molecule has 6 heteroatoms. The minimum Gasteiger partial charge on any atom is -0.339 e. The molecule has 0 spiro atoms.